The van der Waals surface area contributed by atoms with Crippen molar-refractivity contribution in [3.63, 3.8) is 0 Å². The monoisotopic (exact) mass is 548 g/mol. The van der Waals surface area contributed by atoms with Crippen LogP contribution in [0.1, 0.15) is 30.9 Å². The maximum Gasteiger partial charge on any atom is 0.320 e. The summed E-state index contributed by atoms with van der Waals surface area (Å²) in [5.74, 6) is -2.28. The van der Waals surface area contributed by atoms with E-state index in [1.54, 1.807) is 47.4 Å². The van der Waals surface area contributed by atoms with Crippen molar-refractivity contribution < 1.29 is 27.9 Å². The highest BCUT2D eigenvalue weighted by molar-refractivity contribution is 7.93. The minimum atomic E-state index is -4.23. The SMILES string of the molecule is CC(=O)N1CCC(Oc2ccc(N(C/C=C/c3cccc(C(=N)N)c3)S(=O)(=O)CC(=O)O)cc2Cl)CC1. The molecule has 1 fully saturated rings. The first kappa shape index (κ1) is 28.0. The van der Waals surface area contributed by atoms with Crippen LogP contribution in [0.3, 0.4) is 0 Å². The van der Waals surface area contributed by atoms with Crippen LogP contribution in [0.15, 0.2) is 48.5 Å². The van der Waals surface area contributed by atoms with Crippen LogP contribution < -0.4 is 14.8 Å². The Morgan fingerprint density at radius 2 is 1.95 bits per heavy atom. The van der Waals surface area contributed by atoms with Gasteiger partial charge >= 0.3 is 5.97 Å². The van der Waals surface area contributed by atoms with E-state index in [9.17, 15) is 18.0 Å². The number of carboxylic acid groups (broad SMARTS) is 1. The van der Waals surface area contributed by atoms with Crippen LogP contribution in [0.2, 0.25) is 5.02 Å². The summed E-state index contributed by atoms with van der Waals surface area (Å²) in [6.07, 6.45) is 4.38. The van der Waals surface area contributed by atoms with E-state index in [1.165, 1.54) is 19.1 Å². The Morgan fingerprint density at radius 3 is 2.54 bits per heavy atom. The van der Waals surface area contributed by atoms with Crippen LogP contribution in [-0.4, -0.2) is 67.6 Å². The summed E-state index contributed by atoms with van der Waals surface area (Å²) in [4.78, 5) is 24.5. The Kier molecular flexibility index (Phi) is 9.17. The number of amidine groups is 1. The molecule has 4 N–H and O–H groups in total. The molecule has 0 bridgehead atoms. The standard InChI is InChI=1S/C25H29ClN4O6S/c1-17(31)29-12-9-21(10-13-29)36-23-8-7-20(15-22(23)26)30(37(34,35)16-24(32)33)11-3-5-18-4-2-6-19(14-18)25(27)28/h2-8,14-15,21H,9-13,16H2,1H3,(H3,27,28)(H,32,33)/b5-3+. The number of sulfonamides is 1. The lowest BCUT2D eigenvalue weighted by Crippen LogP contribution is -2.40. The molecule has 3 rings (SSSR count). The summed E-state index contributed by atoms with van der Waals surface area (Å²) in [5, 5.41) is 16.9. The number of carbonyl (C=O) groups is 2. The Hall–Kier alpha value is -3.57. The van der Waals surface area contributed by atoms with Crippen LogP contribution in [-0.2, 0) is 19.6 Å². The number of carboxylic acids is 1. The van der Waals surface area contributed by atoms with Crippen molar-refractivity contribution in [3.05, 3.63) is 64.7 Å². The summed E-state index contributed by atoms with van der Waals surface area (Å²) in [6.45, 7) is 2.54. The second-order valence-corrected chi connectivity index (χ2v) is 10.9. The van der Waals surface area contributed by atoms with Gasteiger partial charge in [0.15, 0.2) is 5.75 Å². The van der Waals surface area contributed by atoms with Gasteiger partial charge in [-0.1, -0.05) is 42.0 Å². The number of anilines is 1. The quantitative estimate of drug-likeness (QED) is 0.304. The maximum absolute atomic E-state index is 12.9. The summed E-state index contributed by atoms with van der Waals surface area (Å²) < 4.78 is 32.7. The first-order chi connectivity index (χ1) is 17.5. The number of nitrogens with one attached hydrogen (secondary N) is 1. The number of hydrogen-bond acceptors (Lipinski definition) is 6. The largest absolute Gasteiger partial charge is 0.489 e. The lowest BCUT2D eigenvalue weighted by molar-refractivity contribution is -0.134. The number of nitrogens with two attached hydrogens (primary N) is 1. The van der Waals surface area contributed by atoms with Crippen LogP contribution in [0, 0.1) is 5.41 Å². The van der Waals surface area contributed by atoms with Gasteiger partial charge in [0.05, 0.1) is 17.3 Å². The average molecular weight is 549 g/mol. The van der Waals surface area contributed by atoms with Gasteiger partial charge in [-0.15, -0.1) is 0 Å². The fourth-order valence-corrected chi connectivity index (χ4v) is 5.35. The van der Waals surface area contributed by atoms with Crippen LogP contribution in [0.25, 0.3) is 6.08 Å². The molecule has 0 spiro atoms. The lowest BCUT2D eigenvalue weighted by atomic mass is 10.1. The predicted molar refractivity (Wildman–Crippen MR) is 143 cm³/mol. The van der Waals surface area contributed by atoms with Crippen molar-refractivity contribution in [1.82, 2.24) is 4.90 Å². The molecule has 2 aromatic rings. The third kappa shape index (κ3) is 7.70. The van der Waals surface area contributed by atoms with E-state index >= 15 is 0 Å². The van der Waals surface area contributed by atoms with Crippen LogP contribution in [0.5, 0.6) is 5.75 Å². The number of benzene rings is 2. The van der Waals surface area contributed by atoms with Crippen molar-refractivity contribution >= 4 is 51.1 Å². The second kappa shape index (κ2) is 12.1. The first-order valence-corrected chi connectivity index (χ1v) is 13.5. The molecule has 12 heteroatoms. The van der Waals surface area contributed by atoms with E-state index in [4.69, 9.17) is 32.6 Å². The Morgan fingerprint density at radius 1 is 1.24 bits per heavy atom. The third-order valence-corrected chi connectivity index (χ3v) is 7.74. The zero-order valence-electron chi connectivity index (χ0n) is 20.3. The smallest absolute Gasteiger partial charge is 0.320 e. The minimum Gasteiger partial charge on any atom is -0.489 e. The normalized spacial score (nSPS) is 14.5. The molecule has 1 heterocycles. The minimum absolute atomic E-state index is 0.0177. The molecule has 1 amide bonds. The van der Waals surface area contributed by atoms with E-state index in [2.05, 4.69) is 0 Å². The molecule has 0 aromatic heterocycles. The van der Waals surface area contributed by atoms with Gasteiger partial charge in [-0.25, -0.2) is 8.42 Å². The molecular formula is C25H29ClN4O6S. The van der Waals surface area contributed by atoms with Crippen LogP contribution in [0.4, 0.5) is 5.69 Å². The van der Waals surface area contributed by atoms with Crippen molar-refractivity contribution in [1.29, 1.82) is 5.41 Å². The Labute approximate surface area is 220 Å². The lowest BCUT2D eigenvalue weighted by Gasteiger charge is -2.31. The van der Waals surface area contributed by atoms with E-state index in [-0.39, 0.29) is 35.1 Å². The molecule has 0 saturated carbocycles. The van der Waals surface area contributed by atoms with Gasteiger partial charge in [-0.3, -0.25) is 19.3 Å². The third-order valence-electron chi connectivity index (χ3n) is 5.81. The number of aliphatic carboxylic acids is 1. The highest BCUT2D eigenvalue weighted by Crippen LogP contribution is 2.32. The number of carbonyl (C=O) groups excluding carboxylic acids is 1. The van der Waals surface area contributed by atoms with E-state index < -0.39 is 21.7 Å². The predicted octanol–water partition coefficient (Wildman–Crippen LogP) is 2.95. The fourth-order valence-electron chi connectivity index (χ4n) is 3.92. The topological polar surface area (TPSA) is 154 Å². The van der Waals surface area contributed by atoms with Crippen molar-refractivity contribution in [2.45, 2.75) is 25.9 Å². The Bertz CT molecular complexity index is 1310. The molecule has 1 aliphatic rings. The summed E-state index contributed by atoms with van der Waals surface area (Å²) in [5.41, 5.74) is 6.92. The van der Waals surface area contributed by atoms with Gasteiger partial charge in [-0.2, -0.15) is 0 Å². The highest BCUT2D eigenvalue weighted by Gasteiger charge is 2.27. The number of nitrogens with zero attached hydrogens (tertiary/aromatic N) is 2. The van der Waals surface area contributed by atoms with Crippen molar-refractivity contribution in [2.24, 2.45) is 5.73 Å². The van der Waals surface area contributed by atoms with Crippen LogP contribution >= 0.6 is 11.6 Å². The zero-order valence-corrected chi connectivity index (χ0v) is 21.8. The number of nitrogen functional groups attached to an aromatic ring is 1. The molecule has 2 aromatic carbocycles. The van der Waals surface area contributed by atoms with Crippen molar-refractivity contribution in [3.8, 4) is 5.75 Å². The number of hydrogen-bond donors (Lipinski definition) is 3. The Balaban J connectivity index is 1.80. The van der Waals surface area contributed by atoms with E-state index in [0.717, 1.165) is 4.31 Å². The average Bonchev–Trinajstić information content (AvgIpc) is 2.83. The molecule has 0 unspecified atom stereocenters. The molecule has 0 aliphatic carbocycles. The van der Waals surface area contributed by atoms with E-state index in [0.29, 0.717) is 42.8 Å². The van der Waals surface area contributed by atoms with E-state index in [1.807, 2.05) is 0 Å². The molecule has 1 aliphatic heterocycles. The number of ether oxygens (including phenoxy) is 1. The first-order valence-electron chi connectivity index (χ1n) is 11.5. The van der Waals surface area contributed by atoms with Gasteiger partial charge in [-0.05, 0) is 29.8 Å². The molecule has 10 nitrogen and oxygen atoms in total. The highest BCUT2D eigenvalue weighted by atomic mass is 35.5. The molecule has 198 valence electrons. The van der Waals surface area contributed by atoms with Crippen molar-refractivity contribution in [2.75, 3.05) is 29.7 Å². The van der Waals surface area contributed by atoms with Gasteiger partial charge in [0.1, 0.15) is 17.7 Å². The number of likely N-dealkylation sites (tertiary alicyclic amines) is 1. The van der Waals surface area contributed by atoms with Gasteiger partial charge in [0.2, 0.25) is 15.9 Å². The second-order valence-electron chi connectivity index (χ2n) is 8.56. The van der Waals surface area contributed by atoms with Gasteiger partial charge < -0.3 is 20.5 Å². The number of piperidine rings is 1. The number of amides is 1. The number of halogens is 1. The maximum atomic E-state index is 12.9. The van der Waals surface area contributed by atoms with Gasteiger partial charge in [0, 0.05) is 38.4 Å². The molecular weight excluding hydrogens is 520 g/mol. The summed E-state index contributed by atoms with van der Waals surface area (Å²) >= 11 is 6.43. The molecule has 0 radical (unpaired) electrons. The molecule has 1 saturated heterocycles. The number of rotatable bonds is 10. The summed E-state index contributed by atoms with van der Waals surface area (Å²) in [7, 11) is -4.23. The summed E-state index contributed by atoms with van der Waals surface area (Å²) in [6, 6.07) is 11.3. The molecule has 37 heavy (non-hydrogen) atoms. The zero-order chi connectivity index (χ0) is 27.2. The molecule has 0 atom stereocenters. The fraction of sp³-hybridized carbons (Fsp3) is 0.320. The van der Waals surface area contributed by atoms with Gasteiger partial charge in [0.25, 0.3) is 0 Å².